The van der Waals surface area contributed by atoms with Gasteiger partial charge in [-0.2, -0.15) is 0 Å². The number of benzene rings is 2. The number of likely N-dealkylation sites (tertiary alicyclic amines) is 1. The summed E-state index contributed by atoms with van der Waals surface area (Å²) in [5.74, 6) is 0.906. The zero-order valence-corrected chi connectivity index (χ0v) is 18.0. The maximum atomic E-state index is 12.5. The molecule has 2 aromatic carbocycles. The van der Waals surface area contributed by atoms with Crippen LogP contribution in [-0.2, 0) is 33.7 Å². The van der Waals surface area contributed by atoms with Crippen LogP contribution in [0.4, 0.5) is 0 Å². The minimum absolute atomic E-state index is 0.0656. The predicted molar refractivity (Wildman–Crippen MR) is 120 cm³/mol. The highest BCUT2D eigenvalue weighted by atomic mass is 16.5. The molecular weight excluding hydrogens is 390 g/mol. The first-order valence-corrected chi connectivity index (χ1v) is 11.1. The van der Waals surface area contributed by atoms with E-state index in [1.54, 1.807) is 0 Å². The zero-order chi connectivity index (χ0) is 21.6. The van der Waals surface area contributed by atoms with Crippen LogP contribution >= 0.6 is 0 Å². The SMILES string of the molecule is CCc1nc2ccccc2n1CC(=O)OCC(=O)N1CCC(Cc2ccccc2)CC1. The van der Waals surface area contributed by atoms with Crippen LogP contribution in [0.1, 0.15) is 31.2 Å². The Morgan fingerprint density at radius 1 is 1.03 bits per heavy atom. The summed E-state index contributed by atoms with van der Waals surface area (Å²) in [7, 11) is 0. The normalized spacial score (nSPS) is 14.7. The number of hydrogen-bond donors (Lipinski definition) is 0. The zero-order valence-electron chi connectivity index (χ0n) is 18.0. The number of carbonyl (C=O) groups excluding carboxylic acids is 2. The molecule has 0 spiro atoms. The lowest BCUT2D eigenvalue weighted by atomic mass is 9.90. The van der Waals surface area contributed by atoms with Crippen molar-refractivity contribution in [3.63, 3.8) is 0 Å². The molecule has 4 rings (SSSR count). The number of aromatic nitrogens is 2. The van der Waals surface area contributed by atoms with E-state index in [0.29, 0.717) is 5.92 Å². The Hall–Kier alpha value is -3.15. The quantitative estimate of drug-likeness (QED) is 0.549. The van der Waals surface area contributed by atoms with Gasteiger partial charge in [-0.25, -0.2) is 4.98 Å². The largest absolute Gasteiger partial charge is 0.454 e. The van der Waals surface area contributed by atoms with Gasteiger partial charge in [-0.3, -0.25) is 9.59 Å². The van der Waals surface area contributed by atoms with Crippen LogP contribution in [0.3, 0.4) is 0 Å². The van der Waals surface area contributed by atoms with Crippen LogP contribution in [0.15, 0.2) is 54.6 Å². The number of aryl methyl sites for hydroxylation is 1. The second-order valence-electron chi connectivity index (χ2n) is 8.13. The summed E-state index contributed by atoms with van der Waals surface area (Å²) in [6.45, 7) is 3.32. The number of rotatable bonds is 7. The van der Waals surface area contributed by atoms with E-state index >= 15 is 0 Å². The van der Waals surface area contributed by atoms with Gasteiger partial charge in [-0.15, -0.1) is 0 Å². The van der Waals surface area contributed by atoms with E-state index < -0.39 is 5.97 Å². The summed E-state index contributed by atoms with van der Waals surface area (Å²) < 4.78 is 7.19. The van der Waals surface area contributed by atoms with Crippen molar-refractivity contribution in [2.45, 2.75) is 39.2 Å². The van der Waals surface area contributed by atoms with E-state index in [2.05, 4.69) is 29.2 Å². The molecular formula is C25H29N3O3. The van der Waals surface area contributed by atoms with Crippen molar-refractivity contribution in [2.75, 3.05) is 19.7 Å². The van der Waals surface area contributed by atoms with Gasteiger partial charge in [0, 0.05) is 19.5 Å². The molecule has 0 bridgehead atoms. The minimum atomic E-state index is -0.412. The number of imidazole rings is 1. The third-order valence-corrected chi connectivity index (χ3v) is 6.03. The maximum Gasteiger partial charge on any atom is 0.326 e. The third-order valence-electron chi connectivity index (χ3n) is 6.03. The number of fused-ring (bicyclic) bond motifs is 1. The topological polar surface area (TPSA) is 64.4 Å². The van der Waals surface area contributed by atoms with Crippen molar-refractivity contribution < 1.29 is 14.3 Å². The summed E-state index contributed by atoms with van der Waals surface area (Å²) in [4.78, 5) is 31.3. The number of carbonyl (C=O) groups is 2. The van der Waals surface area contributed by atoms with Crippen LogP contribution in [0, 0.1) is 5.92 Å². The average Bonchev–Trinajstić information content (AvgIpc) is 3.16. The Labute approximate surface area is 182 Å². The van der Waals surface area contributed by atoms with Gasteiger partial charge in [0.25, 0.3) is 5.91 Å². The van der Waals surface area contributed by atoms with Gasteiger partial charge >= 0.3 is 5.97 Å². The van der Waals surface area contributed by atoms with Gasteiger partial charge in [0.1, 0.15) is 12.4 Å². The molecule has 162 valence electrons. The fraction of sp³-hybridized carbons (Fsp3) is 0.400. The number of para-hydroxylation sites is 2. The Balaban J connectivity index is 1.25. The van der Waals surface area contributed by atoms with Crippen molar-refractivity contribution in [1.29, 1.82) is 0 Å². The first-order valence-electron chi connectivity index (χ1n) is 11.1. The van der Waals surface area contributed by atoms with Crippen molar-refractivity contribution in [3.05, 3.63) is 66.0 Å². The highest BCUT2D eigenvalue weighted by Gasteiger charge is 2.24. The lowest BCUT2D eigenvalue weighted by molar-refractivity contribution is -0.153. The first-order chi connectivity index (χ1) is 15.1. The van der Waals surface area contributed by atoms with Crippen molar-refractivity contribution in [2.24, 2.45) is 5.92 Å². The summed E-state index contributed by atoms with van der Waals surface area (Å²) >= 11 is 0. The van der Waals surface area contributed by atoms with Crippen molar-refractivity contribution in [1.82, 2.24) is 14.5 Å². The predicted octanol–water partition coefficient (Wildman–Crippen LogP) is 3.62. The van der Waals surface area contributed by atoms with E-state index in [0.717, 1.165) is 55.6 Å². The molecule has 3 aromatic rings. The average molecular weight is 420 g/mol. The molecule has 6 nitrogen and oxygen atoms in total. The summed E-state index contributed by atoms with van der Waals surface area (Å²) in [6, 6.07) is 18.2. The maximum absolute atomic E-state index is 12.5. The van der Waals surface area contributed by atoms with Gasteiger partial charge in [-0.1, -0.05) is 49.4 Å². The Kier molecular flexibility index (Phi) is 6.65. The van der Waals surface area contributed by atoms with Crippen LogP contribution in [-0.4, -0.2) is 46.0 Å². The molecule has 0 N–H and O–H groups in total. The monoisotopic (exact) mass is 419 g/mol. The Morgan fingerprint density at radius 3 is 2.48 bits per heavy atom. The molecule has 1 aromatic heterocycles. The highest BCUT2D eigenvalue weighted by molar-refractivity contribution is 5.82. The van der Waals surface area contributed by atoms with E-state index in [1.165, 1.54) is 5.56 Å². The fourth-order valence-corrected chi connectivity index (χ4v) is 4.31. The summed E-state index contributed by atoms with van der Waals surface area (Å²) in [5, 5.41) is 0. The third kappa shape index (κ3) is 5.13. The second kappa shape index (κ2) is 9.77. The molecule has 31 heavy (non-hydrogen) atoms. The number of hydrogen-bond acceptors (Lipinski definition) is 4. The van der Waals surface area contributed by atoms with Gasteiger partial charge in [-0.05, 0) is 42.9 Å². The molecule has 1 saturated heterocycles. The van der Waals surface area contributed by atoms with Crippen LogP contribution < -0.4 is 0 Å². The first kappa shape index (κ1) is 21.1. The molecule has 0 unspecified atom stereocenters. The van der Waals surface area contributed by atoms with Crippen molar-refractivity contribution >= 4 is 22.9 Å². The van der Waals surface area contributed by atoms with Crippen molar-refractivity contribution in [3.8, 4) is 0 Å². The van der Waals surface area contributed by atoms with Crippen LogP contribution in [0.2, 0.25) is 0 Å². The minimum Gasteiger partial charge on any atom is -0.454 e. The number of piperidine rings is 1. The van der Waals surface area contributed by atoms with Gasteiger partial charge in [0.2, 0.25) is 0 Å². The van der Waals surface area contributed by atoms with Crippen LogP contribution in [0.5, 0.6) is 0 Å². The lowest BCUT2D eigenvalue weighted by Crippen LogP contribution is -2.41. The smallest absolute Gasteiger partial charge is 0.326 e. The highest BCUT2D eigenvalue weighted by Crippen LogP contribution is 2.22. The number of amides is 1. The second-order valence-corrected chi connectivity index (χ2v) is 8.13. The number of nitrogens with zero attached hydrogens (tertiary/aromatic N) is 3. The fourth-order valence-electron chi connectivity index (χ4n) is 4.31. The summed E-state index contributed by atoms with van der Waals surface area (Å²) in [6.07, 6.45) is 3.74. The molecule has 0 saturated carbocycles. The van der Waals surface area contributed by atoms with E-state index in [-0.39, 0.29) is 19.1 Å². The van der Waals surface area contributed by atoms with E-state index in [1.807, 2.05) is 46.7 Å². The molecule has 6 heteroatoms. The lowest BCUT2D eigenvalue weighted by Gasteiger charge is -2.32. The Morgan fingerprint density at radius 2 is 1.74 bits per heavy atom. The van der Waals surface area contributed by atoms with Gasteiger partial charge in [0.05, 0.1) is 11.0 Å². The Bertz CT molecular complexity index is 1040. The molecule has 1 aliphatic rings. The standard InChI is InChI=1S/C25H29N3O3/c1-2-23-26-21-10-6-7-11-22(21)28(23)17-25(30)31-18-24(29)27-14-12-20(13-15-27)16-19-8-4-3-5-9-19/h3-11,20H,2,12-18H2,1H3. The summed E-state index contributed by atoms with van der Waals surface area (Å²) in [5.41, 5.74) is 3.12. The molecule has 0 radical (unpaired) electrons. The number of esters is 1. The molecule has 1 aliphatic heterocycles. The van der Waals surface area contributed by atoms with Gasteiger partial charge < -0.3 is 14.2 Å². The van der Waals surface area contributed by atoms with E-state index in [9.17, 15) is 9.59 Å². The van der Waals surface area contributed by atoms with E-state index in [4.69, 9.17) is 4.74 Å². The molecule has 1 fully saturated rings. The van der Waals surface area contributed by atoms with Gasteiger partial charge in [0.15, 0.2) is 6.61 Å². The molecule has 0 aliphatic carbocycles. The molecule has 2 heterocycles. The molecule has 1 amide bonds. The van der Waals surface area contributed by atoms with Crippen LogP contribution in [0.25, 0.3) is 11.0 Å². The molecule has 0 atom stereocenters. The number of ether oxygens (including phenoxy) is 1.